The van der Waals surface area contributed by atoms with Gasteiger partial charge >= 0.3 is 5.97 Å². The van der Waals surface area contributed by atoms with Crippen LogP contribution in [0.4, 0.5) is 10.1 Å². The summed E-state index contributed by atoms with van der Waals surface area (Å²) in [7, 11) is 0. The highest BCUT2D eigenvalue weighted by Gasteiger charge is 2.13. The van der Waals surface area contributed by atoms with Gasteiger partial charge in [-0.05, 0) is 24.3 Å². The predicted octanol–water partition coefficient (Wildman–Crippen LogP) is 3.38. The quantitative estimate of drug-likeness (QED) is 0.893. The van der Waals surface area contributed by atoms with Gasteiger partial charge in [0.15, 0.2) is 0 Å². The average Bonchev–Trinajstić information content (AvgIpc) is 2.79. The molecular weight excluding hydrogens is 261 g/mol. The van der Waals surface area contributed by atoms with Crippen molar-refractivity contribution < 1.29 is 18.7 Å². The topological polar surface area (TPSA) is 62.5 Å². The SMILES string of the molecule is O=C(O)c1ccoc1CNc1cc(Cl)ccc1F. The fourth-order valence-corrected chi connectivity index (χ4v) is 1.65. The molecule has 0 saturated carbocycles. The van der Waals surface area contributed by atoms with Gasteiger partial charge in [0.05, 0.1) is 18.5 Å². The van der Waals surface area contributed by atoms with Crippen molar-refractivity contribution in [2.45, 2.75) is 6.54 Å². The Hall–Kier alpha value is -2.01. The standard InChI is InChI=1S/C12H9ClFNO3/c13-7-1-2-9(14)10(5-7)15-6-11-8(12(16)17)3-4-18-11/h1-5,15H,6H2,(H,16,17). The minimum atomic E-state index is -1.09. The Morgan fingerprint density at radius 3 is 2.94 bits per heavy atom. The molecule has 0 bridgehead atoms. The number of anilines is 1. The Morgan fingerprint density at radius 2 is 2.22 bits per heavy atom. The minimum Gasteiger partial charge on any atom is -0.478 e. The fraction of sp³-hybridized carbons (Fsp3) is 0.0833. The first-order valence-electron chi connectivity index (χ1n) is 5.06. The van der Waals surface area contributed by atoms with Gasteiger partial charge in [-0.2, -0.15) is 0 Å². The van der Waals surface area contributed by atoms with Crippen LogP contribution in [0.15, 0.2) is 34.9 Å². The molecule has 0 amide bonds. The number of carboxylic acids is 1. The molecule has 1 heterocycles. The van der Waals surface area contributed by atoms with Crippen molar-refractivity contribution in [3.8, 4) is 0 Å². The fourth-order valence-electron chi connectivity index (χ4n) is 1.48. The van der Waals surface area contributed by atoms with E-state index in [4.69, 9.17) is 21.1 Å². The maximum Gasteiger partial charge on any atom is 0.339 e. The van der Waals surface area contributed by atoms with Gasteiger partial charge in [-0.25, -0.2) is 9.18 Å². The van der Waals surface area contributed by atoms with Crippen LogP contribution < -0.4 is 5.32 Å². The third-order valence-corrected chi connectivity index (χ3v) is 2.58. The largest absolute Gasteiger partial charge is 0.478 e. The Bertz CT molecular complexity index is 582. The molecule has 2 rings (SSSR count). The maximum absolute atomic E-state index is 13.4. The molecule has 1 aromatic carbocycles. The monoisotopic (exact) mass is 269 g/mol. The Balaban J connectivity index is 2.14. The lowest BCUT2D eigenvalue weighted by Crippen LogP contribution is -2.05. The molecule has 94 valence electrons. The van der Waals surface area contributed by atoms with E-state index >= 15 is 0 Å². The maximum atomic E-state index is 13.4. The van der Waals surface area contributed by atoms with Crippen LogP contribution in [-0.2, 0) is 6.54 Å². The number of rotatable bonds is 4. The Morgan fingerprint density at radius 1 is 1.44 bits per heavy atom. The lowest BCUT2D eigenvalue weighted by Gasteiger charge is -2.06. The van der Waals surface area contributed by atoms with Gasteiger partial charge in [0.2, 0.25) is 0 Å². The smallest absolute Gasteiger partial charge is 0.339 e. The first kappa shape index (κ1) is 12.4. The van der Waals surface area contributed by atoms with Crippen LogP contribution in [0.2, 0.25) is 5.02 Å². The van der Waals surface area contributed by atoms with Gasteiger partial charge in [0, 0.05) is 5.02 Å². The lowest BCUT2D eigenvalue weighted by atomic mass is 10.2. The Labute approximate surface area is 107 Å². The van der Waals surface area contributed by atoms with Crippen LogP contribution >= 0.6 is 11.6 Å². The molecule has 0 atom stereocenters. The van der Waals surface area contributed by atoms with Crippen LogP contribution in [0, 0.1) is 5.82 Å². The van der Waals surface area contributed by atoms with E-state index in [9.17, 15) is 9.18 Å². The summed E-state index contributed by atoms with van der Waals surface area (Å²) < 4.78 is 18.4. The van der Waals surface area contributed by atoms with E-state index in [0.717, 1.165) is 0 Å². The molecule has 0 aliphatic carbocycles. The van der Waals surface area contributed by atoms with Gasteiger partial charge < -0.3 is 14.8 Å². The zero-order chi connectivity index (χ0) is 13.1. The molecule has 18 heavy (non-hydrogen) atoms. The van der Waals surface area contributed by atoms with Crippen molar-refractivity contribution in [1.29, 1.82) is 0 Å². The molecule has 4 nitrogen and oxygen atoms in total. The van der Waals surface area contributed by atoms with E-state index in [1.54, 1.807) is 0 Å². The molecule has 0 aliphatic rings. The molecule has 6 heteroatoms. The first-order chi connectivity index (χ1) is 8.58. The molecule has 0 saturated heterocycles. The molecule has 2 aromatic rings. The summed E-state index contributed by atoms with van der Waals surface area (Å²) >= 11 is 5.73. The average molecular weight is 270 g/mol. The summed E-state index contributed by atoms with van der Waals surface area (Å²) in [5.41, 5.74) is 0.236. The number of nitrogens with one attached hydrogen (secondary N) is 1. The molecule has 0 fully saturated rings. The van der Waals surface area contributed by atoms with Gasteiger partial charge in [0.1, 0.15) is 17.1 Å². The van der Waals surface area contributed by atoms with Crippen molar-refractivity contribution in [2.24, 2.45) is 0 Å². The number of aromatic carboxylic acids is 1. The van der Waals surface area contributed by atoms with Crippen LogP contribution in [-0.4, -0.2) is 11.1 Å². The molecule has 0 spiro atoms. The molecule has 0 unspecified atom stereocenters. The molecule has 1 aromatic heterocycles. The highest BCUT2D eigenvalue weighted by Crippen LogP contribution is 2.21. The number of hydrogen-bond acceptors (Lipinski definition) is 3. The van der Waals surface area contributed by atoms with Crippen molar-refractivity contribution in [2.75, 3.05) is 5.32 Å². The highest BCUT2D eigenvalue weighted by atomic mass is 35.5. The number of benzene rings is 1. The second-order valence-corrected chi connectivity index (χ2v) is 3.98. The van der Waals surface area contributed by atoms with Crippen LogP contribution in [0.25, 0.3) is 0 Å². The summed E-state index contributed by atoms with van der Waals surface area (Å²) in [4.78, 5) is 10.8. The second kappa shape index (κ2) is 5.10. The van der Waals surface area contributed by atoms with Crippen molar-refractivity contribution in [3.63, 3.8) is 0 Å². The van der Waals surface area contributed by atoms with Crippen molar-refractivity contribution in [1.82, 2.24) is 0 Å². The Kier molecular flexibility index (Phi) is 3.53. The highest BCUT2D eigenvalue weighted by molar-refractivity contribution is 6.30. The minimum absolute atomic E-state index is 0.0462. The summed E-state index contributed by atoms with van der Waals surface area (Å²) in [6.07, 6.45) is 1.27. The van der Waals surface area contributed by atoms with Crippen molar-refractivity contribution >= 4 is 23.3 Å². The molecule has 0 aliphatic heterocycles. The lowest BCUT2D eigenvalue weighted by molar-refractivity contribution is 0.0694. The van der Waals surface area contributed by atoms with Crippen molar-refractivity contribution in [3.05, 3.63) is 52.7 Å². The van der Waals surface area contributed by atoms with Crippen LogP contribution in [0.5, 0.6) is 0 Å². The number of carbonyl (C=O) groups is 1. The number of furan rings is 1. The zero-order valence-corrected chi connectivity index (χ0v) is 9.87. The molecular formula is C12H9ClFNO3. The van der Waals surface area contributed by atoms with E-state index in [1.807, 2.05) is 0 Å². The third kappa shape index (κ3) is 2.62. The van der Waals surface area contributed by atoms with Gasteiger partial charge in [-0.1, -0.05) is 11.6 Å². The molecule has 2 N–H and O–H groups in total. The van der Waals surface area contributed by atoms with Crippen LogP contribution in [0.3, 0.4) is 0 Å². The number of halogens is 2. The zero-order valence-electron chi connectivity index (χ0n) is 9.11. The summed E-state index contributed by atoms with van der Waals surface area (Å²) in [5, 5.41) is 12.0. The summed E-state index contributed by atoms with van der Waals surface area (Å²) in [6, 6.07) is 5.41. The van der Waals surface area contributed by atoms with Crippen LogP contribution in [0.1, 0.15) is 16.1 Å². The van der Waals surface area contributed by atoms with E-state index < -0.39 is 11.8 Å². The third-order valence-electron chi connectivity index (χ3n) is 2.34. The first-order valence-corrected chi connectivity index (χ1v) is 5.44. The number of hydrogen-bond donors (Lipinski definition) is 2. The van der Waals surface area contributed by atoms with E-state index in [2.05, 4.69) is 5.32 Å². The van der Waals surface area contributed by atoms with E-state index in [-0.39, 0.29) is 23.6 Å². The summed E-state index contributed by atoms with van der Waals surface area (Å²) in [6.45, 7) is 0.0614. The van der Waals surface area contributed by atoms with Gasteiger partial charge in [-0.15, -0.1) is 0 Å². The van der Waals surface area contributed by atoms with E-state index in [0.29, 0.717) is 5.02 Å². The van der Waals surface area contributed by atoms with E-state index in [1.165, 1.54) is 30.5 Å². The predicted molar refractivity (Wildman–Crippen MR) is 64.4 cm³/mol. The number of carboxylic acid groups (broad SMARTS) is 1. The van der Waals surface area contributed by atoms with Gasteiger partial charge in [-0.3, -0.25) is 0 Å². The van der Waals surface area contributed by atoms with Gasteiger partial charge in [0.25, 0.3) is 0 Å². The summed E-state index contributed by atoms with van der Waals surface area (Å²) in [5.74, 6) is -1.34. The normalized spacial score (nSPS) is 10.3. The molecule has 0 radical (unpaired) electrons. The second-order valence-electron chi connectivity index (χ2n) is 3.54.